The molecular formula is C19H33NO2Si. The Morgan fingerprint density at radius 3 is 2.22 bits per heavy atom. The number of aryl methyl sites for hydroxylation is 1. The van der Waals surface area contributed by atoms with E-state index in [9.17, 15) is 4.79 Å². The molecule has 23 heavy (non-hydrogen) atoms. The van der Waals surface area contributed by atoms with Crippen molar-refractivity contribution in [3.05, 3.63) is 29.3 Å². The highest BCUT2D eigenvalue weighted by atomic mass is 28.4. The highest BCUT2D eigenvalue weighted by Crippen LogP contribution is 2.38. The number of hydrogen-bond donors (Lipinski definition) is 0. The van der Waals surface area contributed by atoms with Crippen LogP contribution in [0.1, 0.15) is 45.7 Å². The highest BCUT2D eigenvalue weighted by Gasteiger charge is 2.39. The maximum atomic E-state index is 12.5. The molecule has 4 heteroatoms. The van der Waals surface area contributed by atoms with E-state index in [1.807, 2.05) is 24.8 Å². The Labute approximate surface area is 143 Å². The summed E-state index contributed by atoms with van der Waals surface area (Å²) in [4.78, 5) is 14.3. The minimum Gasteiger partial charge on any atom is -0.543 e. The average Bonchev–Trinajstić information content (AvgIpc) is 2.41. The molecule has 1 aromatic rings. The zero-order chi connectivity index (χ0) is 17.8. The van der Waals surface area contributed by atoms with Crippen LogP contribution >= 0.6 is 0 Å². The molecule has 0 fully saturated rings. The third-order valence-corrected chi connectivity index (χ3v) is 9.19. The van der Waals surface area contributed by atoms with E-state index in [2.05, 4.69) is 52.9 Å². The Morgan fingerprint density at radius 1 is 1.17 bits per heavy atom. The Morgan fingerprint density at radius 2 is 1.74 bits per heavy atom. The van der Waals surface area contributed by atoms with E-state index in [0.29, 0.717) is 6.42 Å². The standard InChI is InChI=1S/C19H33NO2Si/c1-9-20(10-2)18(21)14-16-12-11-15(3)13-17(16)22-23(7,8)19(4,5)6/h11-13H,9-10,14H2,1-8H3. The third kappa shape index (κ3) is 5.10. The fourth-order valence-electron chi connectivity index (χ4n) is 2.18. The lowest BCUT2D eigenvalue weighted by atomic mass is 10.1. The number of rotatable bonds is 6. The fraction of sp³-hybridized carbons (Fsp3) is 0.632. The van der Waals surface area contributed by atoms with Gasteiger partial charge < -0.3 is 9.33 Å². The van der Waals surface area contributed by atoms with Gasteiger partial charge >= 0.3 is 0 Å². The zero-order valence-electron chi connectivity index (χ0n) is 16.1. The fourth-order valence-corrected chi connectivity index (χ4v) is 3.23. The summed E-state index contributed by atoms with van der Waals surface area (Å²) in [5.41, 5.74) is 2.16. The number of carbonyl (C=O) groups is 1. The molecule has 0 heterocycles. The second kappa shape index (κ2) is 7.52. The minimum atomic E-state index is -1.92. The number of amides is 1. The maximum absolute atomic E-state index is 12.5. The van der Waals surface area contributed by atoms with Crippen molar-refractivity contribution in [2.75, 3.05) is 13.1 Å². The Balaban J connectivity index is 3.09. The first kappa shape index (κ1) is 19.8. The lowest BCUT2D eigenvalue weighted by Gasteiger charge is -2.37. The zero-order valence-corrected chi connectivity index (χ0v) is 17.1. The molecule has 1 amide bonds. The molecule has 0 aliphatic carbocycles. The van der Waals surface area contributed by atoms with E-state index in [-0.39, 0.29) is 10.9 Å². The molecule has 0 unspecified atom stereocenters. The third-order valence-electron chi connectivity index (χ3n) is 4.85. The van der Waals surface area contributed by atoms with E-state index < -0.39 is 8.32 Å². The molecule has 130 valence electrons. The van der Waals surface area contributed by atoms with Gasteiger partial charge in [0.25, 0.3) is 0 Å². The van der Waals surface area contributed by atoms with Crippen LogP contribution < -0.4 is 4.43 Å². The van der Waals surface area contributed by atoms with E-state index in [1.54, 1.807) is 0 Å². The molecule has 0 saturated carbocycles. The quantitative estimate of drug-likeness (QED) is 0.700. The maximum Gasteiger partial charge on any atom is 0.250 e. The van der Waals surface area contributed by atoms with E-state index in [4.69, 9.17) is 4.43 Å². The summed E-state index contributed by atoms with van der Waals surface area (Å²) in [5, 5.41) is 0.136. The normalized spacial score (nSPS) is 12.2. The number of hydrogen-bond acceptors (Lipinski definition) is 2. The van der Waals surface area contributed by atoms with Gasteiger partial charge in [-0.15, -0.1) is 0 Å². The summed E-state index contributed by atoms with van der Waals surface area (Å²) in [6, 6.07) is 6.17. The van der Waals surface area contributed by atoms with Gasteiger partial charge in [0.1, 0.15) is 5.75 Å². The molecule has 0 bridgehead atoms. The SMILES string of the molecule is CCN(CC)C(=O)Cc1ccc(C)cc1O[Si](C)(C)C(C)(C)C. The van der Waals surface area contributed by atoms with Gasteiger partial charge in [-0.2, -0.15) is 0 Å². The predicted molar refractivity (Wildman–Crippen MR) is 101 cm³/mol. The molecule has 0 aliphatic heterocycles. The van der Waals surface area contributed by atoms with E-state index in [1.165, 1.54) is 0 Å². The monoisotopic (exact) mass is 335 g/mol. The Hall–Kier alpha value is -1.29. The van der Waals surface area contributed by atoms with Gasteiger partial charge in [-0.05, 0) is 50.5 Å². The molecule has 0 spiro atoms. The van der Waals surface area contributed by atoms with Crippen molar-refractivity contribution >= 4 is 14.2 Å². The minimum absolute atomic E-state index is 0.136. The first-order chi connectivity index (χ1) is 10.5. The van der Waals surface area contributed by atoms with Crippen LogP contribution in [0.4, 0.5) is 0 Å². The molecule has 0 N–H and O–H groups in total. The van der Waals surface area contributed by atoms with E-state index in [0.717, 1.165) is 30.0 Å². The molecule has 0 saturated heterocycles. The lowest BCUT2D eigenvalue weighted by Crippen LogP contribution is -2.44. The number of carbonyl (C=O) groups excluding carboxylic acids is 1. The van der Waals surface area contributed by atoms with Crippen LogP contribution in [0.2, 0.25) is 18.1 Å². The molecule has 0 aliphatic rings. The topological polar surface area (TPSA) is 29.5 Å². The summed E-state index contributed by atoms with van der Waals surface area (Å²) < 4.78 is 6.49. The Kier molecular flexibility index (Phi) is 6.46. The second-order valence-corrected chi connectivity index (χ2v) is 12.4. The van der Waals surface area contributed by atoms with Crippen molar-refractivity contribution in [3.63, 3.8) is 0 Å². The molecule has 1 aromatic carbocycles. The van der Waals surface area contributed by atoms with Gasteiger partial charge in [0.05, 0.1) is 6.42 Å². The van der Waals surface area contributed by atoms with Gasteiger partial charge in [0.15, 0.2) is 0 Å². The van der Waals surface area contributed by atoms with Crippen LogP contribution in [0.25, 0.3) is 0 Å². The van der Waals surface area contributed by atoms with Crippen molar-refractivity contribution in [3.8, 4) is 5.75 Å². The van der Waals surface area contributed by atoms with Crippen LogP contribution in [0, 0.1) is 6.92 Å². The van der Waals surface area contributed by atoms with Crippen molar-refractivity contribution < 1.29 is 9.22 Å². The van der Waals surface area contributed by atoms with Gasteiger partial charge in [-0.1, -0.05) is 32.9 Å². The predicted octanol–water partition coefficient (Wildman–Crippen LogP) is 4.79. The van der Waals surface area contributed by atoms with Crippen molar-refractivity contribution in [2.45, 2.75) is 66.1 Å². The molecule has 3 nitrogen and oxygen atoms in total. The van der Waals surface area contributed by atoms with Crippen LogP contribution in [0.15, 0.2) is 18.2 Å². The summed E-state index contributed by atoms with van der Waals surface area (Å²) in [6.07, 6.45) is 0.409. The number of likely N-dealkylation sites (N-methyl/N-ethyl adjacent to an activating group) is 1. The van der Waals surface area contributed by atoms with Gasteiger partial charge in [0, 0.05) is 18.7 Å². The van der Waals surface area contributed by atoms with Crippen molar-refractivity contribution in [1.82, 2.24) is 4.90 Å². The summed E-state index contributed by atoms with van der Waals surface area (Å²) in [6.45, 7) is 18.8. The average molecular weight is 336 g/mol. The van der Waals surface area contributed by atoms with Gasteiger partial charge in [0.2, 0.25) is 14.2 Å². The van der Waals surface area contributed by atoms with Crippen LogP contribution in [0.5, 0.6) is 5.75 Å². The second-order valence-electron chi connectivity index (χ2n) is 7.72. The van der Waals surface area contributed by atoms with E-state index >= 15 is 0 Å². The summed E-state index contributed by atoms with van der Waals surface area (Å²) in [5.74, 6) is 1.05. The number of nitrogens with zero attached hydrogens (tertiary/aromatic N) is 1. The lowest BCUT2D eigenvalue weighted by molar-refractivity contribution is -0.130. The molecule has 0 atom stereocenters. The summed E-state index contributed by atoms with van der Waals surface area (Å²) in [7, 11) is -1.92. The van der Waals surface area contributed by atoms with Gasteiger partial charge in [-0.3, -0.25) is 4.79 Å². The highest BCUT2D eigenvalue weighted by molar-refractivity contribution is 6.74. The number of benzene rings is 1. The smallest absolute Gasteiger partial charge is 0.250 e. The largest absolute Gasteiger partial charge is 0.543 e. The Bertz CT molecular complexity index is 543. The first-order valence-electron chi connectivity index (χ1n) is 8.58. The molecule has 1 rings (SSSR count). The molecule has 0 aromatic heterocycles. The van der Waals surface area contributed by atoms with Crippen molar-refractivity contribution in [1.29, 1.82) is 0 Å². The van der Waals surface area contributed by atoms with Crippen LogP contribution in [-0.4, -0.2) is 32.2 Å². The molecule has 0 radical (unpaired) electrons. The van der Waals surface area contributed by atoms with Crippen molar-refractivity contribution in [2.24, 2.45) is 0 Å². The van der Waals surface area contributed by atoms with Crippen LogP contribution in [0.3, 0.4) is 0 Å². The first-order valence-corrected chi connectivity index (χ1v) is 11.5. The van der Waals surface area contributed by atoms with Gasteiger partial charge in [-0.25, -0.2) is 0 Å². The molecular weight excluding hydrogens is 302 g/mol. The van der Waals surface area contributed by atoms with Crippen LogP contribution in [-0.2, 0) is 11.2 Å². The summed E-state index contributed by atoms with van der Waals surface area (Å²) >= 11 is 0.